The van der Waals surface area contributed by atoms with Crippen LogP contribution in [0.15, 0.2) is 21.3 Å². The Bertz CT molecular complexity index is 953. The molecule has 0 aliphatic carbocycles. The Labute approximate surface area is 143 Å². The Morgan fingerprint density at radius 3 is 2.52 bits per heavy atom. The lowest BCUT2D eigenvalue weighted by molar-refractivity contribution is 0.421. The van der Waals surface area contributed by atoms with Crippen LogP contribution < -0.4 is 15.5 Å². The highest BCUT2D eigenvalue weighted by atomic mass is 32.2. The first-order valence-corrected chi connectivity index (χ1v) is 9.18. The second kappa shape index (κ2) is 7.09. The molecule has 138 valence electrons. The first-order chi connectivity index (χ1) is 11.5. The van der Waals surface area contributed by atoms with E-state index in [0.29, 0.717) is 6.42 Å². The van der Waals surface area contributed by atoms with E-state index >= 15 is 0 Å². The van der Waals surface area contributed by atoms with Crippen LogP contribution in [-0.2, 0) is 10.1 Å². The van der Waals surface area contributed by atoms with Gasteiger partial charge in [-0.1, -0.05) is 13.8 Å². The van der Waals surface area contributed by atoms with E-state index in [4.69, 9.17) is 10.2 Å². The van der Waals surface area contributed by atoms with E-state index in [1.807, 2.05) is 13.8 Å². The van der Waals surface area contributed by atoms with Gasteiger partial charge in [-0.3, -0.25) is 0 Å². The minimum Gasteiger partial charge on any atom is -0.419 e. The lowest BCUT2D eigenvalue weighted by atomic mass is 10.1. The van der Waals surface area contributed by atoms with Gasteiger partial charge < -0.3 is 14.3 Å². The topological polar surface area (TPSA) is 99.6 Å². The Balaban J connectivity index is 2.43. The van der Waals surface area contributed by atoms with Crippen molar-refractivity contribution in [3.8, 4) is 5.75 Å². The molecule has 9 heteroatoms. The molecule has 0 amide bonds. The molecule has 0 aliphatic heterocycles. The van der Waals surface area contributed by atoms with Crippen molar-refractivity contribution in [3.05, 3.63) is 39.8 Å². The van der Waals surface area contributed by atoms with E-state index in [-0.39, 0.29) is 16.9 Å². The zero-order chi connectivity index (χ0) is 18.9. The maximum atomic E-state index is 14.5. The van der Waals surface area contributed by atoms with E-state index < -0.39 is 50.5 Å². The zero-order valence-electron chi connectivity index (χ0n) is 14.0. The fourth-order valence-corrected chi connectivity index (χ4v) is 3.67. The molecule has 2 aromatic rings. The minimum atomic E-state index is -4.34. The van der Waals surface area contributed by atoms with Crippen molar-refractivity contribution >= 4 is 21.1 Å². The maximum absolute atomic E-state index is 14.5. The number of hydrogen-bond acceptors (Lipinski definition) is 6. The number of hydrogen-bond donors (Lipinski definition) is 1. The molecule has 25 heavy (non-hydrogen) atoms. The number of rotatable bonds is 6. The van der Waals surface area contributed by atoms with Crippen molar-refractivity contribution < 1.29 is 25.8 Å². The summed E-state index contributed by atoms with van der Waals surface area (Å²) in [6.45, 7) is 5.20. The Morgan fingerprint density at radius 2 is 1.92 bits per heavy atom. The summed E-state index contributed by atoms with van der Waals surface area (Å²) in [6, 6.07) is 1.19. The highest BCUT2D eigenvalue weighted by Gasteiger charge is 2.26. The molecule has 0 spiro atoms. The lowest BCUT2D eigenvalue weighted by Gasteiger charge is -2.15. The third-order valence-electron chi connectivity index (χ3n) is 3.50. The highest BCUT2D eigenvalue weighted by Crippen LogP contribution is 2.31. The van der Waals surface area contributed by atoms with Gasteiger partial charge in [-0.2, -0.15) is 12.8 Å². The summed E-state index contributed by atoms with van der Waals surface area (Å²) in [5.41, 5.74) is 4.59. The zero-order valence-corrected chi connectivity index (χ0v) is 14.8. The van der Waals surface area contributed by atoms with Crippen LogP contribution >= 0.6 is 0 Å². The van der Waals surface area contributed by atoms with Gasteiger partial charge in [0.1, 0.15) is 5.75 Å². The molecule has 1 aromatic carbocycles. The average molecular weight is 375 g/mol. The number of fused-ring (bicyclic) bond motifs is 1. The van der Waals surface area contributed by atoms with Crippen molar-refractivity contribution in [1.82, 2.24) is 0 Å². The van der Waals surface area contributed by atoms with Crippen LogP contribution in [0.2, 0.25) is 0 Å². The van der Waals surface area contributed by atoms with Crippen molar-refractivity contribution in [2.45, 2.75) is 33.2 Å². The monoisotopic (exact) mass is 375 g/mol. The molecule has 0 unspecified atom stereocenters. The smallest absolute Gasteiger partial charge is 0.336 e. The predicted octanol–water partition coefficient (Wildman–Crippen LogP) is 2.46. The van der Waals surface area contributed by atoms with Crippen molar-refractivity contribution in [3.63, 3.8) is 0 Å². The van der Waals surface area contributed by atoms with Gasteiger partial charge in [0.15, 0.2) is 11.4 Å². The molecule has 0 bridgehead atoms. The Kier molecular flexibility index (Phi) is 5.48. The summed E-state index contributed by atoms with van der Waals surface area (Å²) in [5, 5.41) is 0.0101. The normalized spacial score (nSPS) is 13.4. The van der Waals surface area contributed by atoms with Crippen LogP contribution in [0, 0.1) is 24.5 Å². The van der Waals surface area contributed by atoms with Crippen molar-refractivity contribution in [1.29, 1.82) is 0 Å². The molecule has 0 radical (unpaired) electrons. The third kappa shape index (κ3) is 4.55. The second-order valence-electron chi connectivity index (χ2n) is 6.32. The highest BCUT2D eigenvalue weighted by molar-refractivity contribution is 7.87. The number of benzene rings is 1. The molecule has 0 saturated carbocycles. The molecular weight excluding hydrogens is 356 g/mol. The second-order valence-corrected chi connectivity index (χ2v) is 7.94. The van der Waals surface area contributed by atoms with Gasteiger partial charge in [-0.25, -0.2) is 9.18 Å². The first-order valence-electron chi connectivity index (χ1n) is 7.60. The SMILES string of the molecule is Cc1cc(=O)oc2c(F)c(OS(=O)(=O)C[C@@H](N)CC(C)C)c(F)cc12. The van der Waals surface area contributed by atoms with Crippen LogP contribution in [0.25, 0.3) is 11.0 Å². The quantitative estimate of drug-likeness (QED) is 0.615. The molecule has 6 nitrogen and oxygen atoms in total. The van der Waals surface area contributed by atoms with E-state index in [1.54, 1.807) is 0 Å². The van der Waals surface area contributed by atoms with Crippen molar-refractivity contribution in [2.75, 3.05) is 5.75 Å². The fraction of sp³-hybridized carbons (Fsp3) is 0.438. The van der Waals surface area contributed by atoms with E-state index in [2.05, 4.69) is 4.18 Å². The average Bonchev–Trinajstić information content (AvgIpc) is 2.43. The van der Waals surface area contributed by atoms with Gasteiger partial charge in [0, 0.05) is 17.5 Å². The molecular formula is C16H19F2NO5S. The molecule has 1 atom stereocenters. The van der Waals surface area contributed by atoms with E-state index in [9.17, 15) is 22.0 Å². The lowest BCUT2D eigenvalue weighted by Crippen LogP contribution is -2.33. The number of aryl methyl sites for hydroxylation is 1. The number of halogens is 2. The molecule has 0 fully saturated rings. The van der Waals surface area contributed by atoms with E-state index in [0.717, 1.165) is 12.1 Å². The first kappa shape index (κ1) is 19.3. The van der Waals surface area contributed by atoms with Crippen LogP contribution in [-0.4, -0.2) is 20.2 Å². The van der Waals surface area contributed by atoms with Gasteiger partial charge in [0.05, 0.1) is 0 Å². The Morgan fingerprint density at radius 1 is 1.28 bits per heavy atom. The van der Waals surface area contributed by atoms with Crippen LogP contribution in [0.4, 0.5) is 8.78 Å². The van der Waals surface area contributed by atoms with Crippen LogP contribution in [0.1, 0.15) is 25.8 Å². The summed E-state index contributed by atoms with van der Waals surface area (Å²) in [6.07, 6.45) is 0.402. The third-order valence-corrected chi connectivity index (χ3v) is 4.75. The molecule has 0 saturated heterocycles. The molecule has 1 heterocycles. The van der Waals surface area contributed by atoms with Gasteiger partial charge >= 0.3 is 15.7 Å². The van der Waals surface area contributed by atoms with Gasteiger partial charge in [-0.15, -0.1) is 0 Å². The Hall–Kier alpha value is -2.00. The fourth-order valence-electron chi connectivity index (χ4n) is 2.53. The summed E-state index contributed by atoms with van der Waals surface area (Å²) < 4.78 is 62.0. The van der Waals surface area contributed by atoms with Gasteiger partial charge in [0.2, 0.25) is 11.6 Å². The molecule has 2 N–H and O–H groups in total. The van der Waals surface area contributed by atoms with Gasteiger partial charge in [-0.05, 0) is 30.9 Å². The summed E-state index contributed by atoms with van der Waals surface area (Å²) in [5.74, 6) is -4.20. The molecule has 2 rings (SSSR count). The van der Waals surface area contributed by atoms with Gasteiger partial charge in [0.25, 0.3) is 0 Å². The molecule has 1 aromatic heterocycles. The summed E-state index contributed by atoms with van der Waals surface area (Å²) in [7, 11) is -4.34. The van der Waals surface area contributed by atoms with Crippen molar-refractivity contribution in [2.24, 2.45) is 11.7 Å². The largest absolute Gasteiger partial charge is 0.419 e. The standard InChI is InChI=1S/C16H19F2NO5S/c1-8(2)4-10(19)7-25(21,22)24-16-12(17)6-11-9(3)5-13(20)23-15(11)14(16)18/h5-6,8,10H,4,7,19H2,1-3H3/t10-/m0/s1. The predicted molar refractivity (Wildman–Crippen MR) is 89.0 cm³/mol. The molecule has 0 aliphatic rings. The van der Waals surface area contributed by atoms with Crippen LogP contribution in [0.5, 0.6) is 5.75 Å². The summed E-state index contributed by atoms with van der Waals surface area (Å²) >= 11 is 0. The van der Waals surface area contributed by atoms with E-state index in [1.165, 1.54) is 6.92 Å². The van der Waals surface area contributed by atoms with Crippen LogP contribution in [0.3, 0.4) is 0 Å². The minimum absolute atomic E-state index is 0.0101. The maximum Gasteiger partial charge on any atom is 0.336 e. The summed E-state index contributed by atoms with van der Waals surface area (Å²) in [4.78, 5) is 11.4. The number of nitrogens with two attached hydrogens (primary N) is 1.